The molecule has 0 spiro atoms. The Morgan fingerprint density at radius 3 is 2.42 bits per heavy atom. The third-order valence-electron chi connectivity index (χ3n) is 4.40. The highest BCUT2D eigenvalue weighted by Gasteiger charge is 2.17. The summed E-state index contributed by atoms with van der Waals surface area (Å²) in [6.07, 6.45) is 1.45. The second-order valence-corrected chi connectivity index (χ2v) is 9.81. The van der Waals surface area contributed by atoms with Crippen molar-refractivity contribution >= 4 is 85.9 Å². The van der Waals surface area contributed by atoms with Gasteiger partial charge in [-0.05, 0) is 81.1 Å². The number of ketones is 1. The van der Waals surface area contributed by atoms with E-state index in [1.807, 2.05) is 6.07 Å². The van der Waals surface area contributed by atoms with Crippen LogP contribution in [0.3, 0.4) is 0 Å². The molecule has 6 nitrogen and oxygen atoms in total. The Kier molecular flexibility index (Phi) is 8.69. The molecule has 0 saturated heterocycles. The van der Waals surface area contributed by atoms with Gasteiger partial charge >= 0.3 is 0 Å². The number of hydrogen-bond donors (Lipinski definition) is 0. The Balaban J connectivity index is 1.85. The summed E-state index contributed by atoms with van der Waals surface area (Å²) in [5.41, 5.74) is 1.12. The van der Waals surface area contributed by atoms with Crippen molar-refractivity contribution in [3.05, 3.63) is 104 Å². The first-order valence-corrected chi connectivity index (χ1v) is 12.1. The maximum Gasteiger partial charge on any atom is 0.270 e. The van der Waals surface area contributed by atoms with E-state index >= 15 is 0 Å². The minimum atomic E-state index is -0.594. The number of carbonyl (C=O) groups is 1. The zero-order valence-corrected chi connectivity index (χ0v) is 22.3. The van der Waals surface area contributed by atoms with Crippen LogP contribution in [-0.4, -0.2) is 10.7 Å². The van der Waals surface area contributed by atoms with Gasteiger partial charge in [0.15, 0.2) is 0 Å². The third kappa shape index (κ3) is 6.44. The monoisotopic (exact) mass is 704 g/mol. The predicted molar refractivity (Wildman–Crippen MR) is 144 cm³/mol. The zero-order valence-electron chi connectivity index (χ0n) is 16.5. The van der Waals surface area contributed by atoms with Crippen LogP contribution in [0.1, 0.15) is 21.5 Å². The molecule has 3 rings (SSSR count). The Morgan fingerprint density at radius 1 is 1.12 bits per heavy atom. The first-order valence-electron chi connectivity index (χ1n) is 9.16. The van der Waals surface area contributed by atoms with Crippen molar-refractivity contribution in [2.75, 3.05) is 0 Å². The number of nitro benzene ring substituents is 1. The van der Waals surface area contributed by atoms with E-state index in [4.69, 9.17) is 27.9 Å². The van der Waals surface area contributed by atoms with Crippen molar-refractivity contribution in [2.45, 2.75) is 6.61 Å². The average molecular weight is 705 g/mol. The number of rotatable bonds is 7. The molecule has 0 amide bonds. The first-order chi connectivity index (χ1) is 15.7. The summed E-state index contributed by atoms with van der Waals surface area (Å²) in [6.45, 7) is 0.242. The lowest BCUT2D eigenvalue weighted by atomic mass is 10.0. The number of nitrogens with zero attached hydrogens (tertiary/aromatic N) is 2. The number of nitro groups is 1. The molecule has 0 radical (unpaired) electrons. The molecular formula is C23H12Cl2I2N2O4. The van der Waals surface area contributed by atoms with E-state index in [1.54, 1.807) is 30.3 Å². The SMILES string of the molecule is N#C/C(=C\c1cc(I)c(OCc2ccc(Cl)cc2Cl)c(I)c1)C(=O)c1cccc([N+](=O)[O-])c1. The maximum atomic E-state index is 12.7. The maximum absolute atomic E-state index is 12.7. The summed E-state index contributed by atoms with van der Waals surface area (Å²) < 4.78 is 7.50. The average Bonchev–Trinajstić information content (AvgIpc) is 2.77. The van der Waals surface area contributed by atoms with Crippen molar-refractivity contribution in [1.82, 2.24) is 0 Å². The van der Waals surface area contributed by atoms with Gasteiger partial charge in [0.25, 0.3) is 5.69 Å². The molecule has 0 aromatic heterocycles. The molecule has 0 aliphatic rings. The van der Waals surface area contributed by atoms with Crippen LogP contribution in [-0.2, 0) is 6.61 Å². The number of allylic oxidation sites excluding steroid dienone is 1. The standard InChI is InChI=1S/C23H12Cl2I2N2O4/c24-17-5-4-15(19(25)10-17)12-33-23-20(26)7-13(8-21(23)27)6-16(11-28)22(30)14-2-1-3-18(9-14)29(31)32/h1-10H,12H2/b16-6+. The molecule has 0 unspecified atom stereocenters. The number of benzene rings is 3. The van der Waals surface area contributed by atoms with Crippen LogP contribution in [0, 0.1) is 28.6 Å². The molecule has 0 aliphatic heterocycles. The molecule has 0 aliphatic carbocycles. The number of nitriles is 1. The van der Waals surface area contributed by atoms with Gasteiger partial charge in [-0.15, -0.1) is 0 Å². The Morgan fingerprint density at radius 2 is 1.82 bits per heavy atom. The fourth-order valence-corrected chi connectivity index (χ4v) is 5.41. The predicted octanol–water partition coefficient (Wildman–Crippen LogP) is 7.48. The lowest BCUT2D eigenvalue weighted by molar-refractivity contribution is -0.384. The van der Waals surface area contributed by atoms with Crippen molar-refractivity contribution in [1.29, 1.82) is 5.26 Å². The van der Waals surface area contributed by atoms with E-state index in [1.165, 1.54) is 24.3 Å². The fraction of sp³-hybridized carbons (Fsp3) is 0.0435. The number of Topliss-reactive ketones (excluding diaryl/α,β-unsaturated/α-hetero) is 1. The van der Waals surface area contributed by atoms with Crippen molar-refractivity contribution in [3.63, 3.8) is 0 Å². The van der Waals surface area contributed by atoms with E-state index in [0.717, 1.165) is 18.8 Å². The van der Waals surface area contributed by atoms with Crippen LogP contribution in [0.2, 0.25) is 10.0 Å². The molecule has 0 heterocycles. The quantitative estimate of drug-likeness (QED) is 0.0635. The normalized spacial score (nSPS) is 11.1. The Hall–Kier alpha value is -2.20. The molecule has 3 aromatic carbocycles. The van der Waals surface area contributed by atoms with Gasteiger partial charge in [0.2, 0.25) is 5.78 Å². The van der Waals surface area contributed by atoms with E-state index in [-0.39, 0.29) is 23.4 Å². The molecule has 0 saturated carbocycles. The lowest BCUT2D eigenvalue weighted by Crippen LogP contribution is -2.03. The molecule has 3 aromatic rings. The number of halogens is 4. The van der Waals surface area contributed by atoms with Crippen LogP contribution < -0.4 is 4.74 Å². The van der Waals surface area contributed by atoms with E-state index in [9.17, 15) is 20.2 Å². The van der Waals surface area contributed by atoms with E-state index in [0.29, 0.717) is 21.4 Å². The minimum absolute atomic E-state index is 0.0705. The highest BCUT2D eigenvalue weighted by molar-refractivity contribution is 14.1. The fourth-order valence-electron chi connectivity index (χ4n) is 2.82. The highest BCUT2D eigenvalue weighted by Crippen LogP contribution is 2.32. The summed E-state index contributed by atoms with van der Waals surface area (Å²) in [5.74, 6) is 0.0480. The van der Waals surface area contributed by atoms with E-state index < -0.39 is 10.7 Å². The molecule has 33 heavy (non-hydrogen) atoms. The van der Waals surface area contributed by atoms with Crippen LogP contribution in [0.5, 0.6) is 5.75 Å². The van der Waals surface area contributed by atoms with Gasteiger partial charge in [-0.2, -0.15) is 5.26 Å². The van der Waals surface area contributed by atoms with Crippen molar-refractivity contribution in [2.24, 2.45) is 0 Å². The minimum Gasteiger partial charge on any atom is -0.487 e. The van der Waals surface area contributed by atoms with Crippen LogP contribution in [0.25, 0.3) is 6.08 Å². The zero-order chi connectivity index (χ0) is 24.1. The van der Waals surface area contributed by atoms with Crippen LogP contribution in [0.15, 0.2) is 60.2 Å². The Labute approximate surface area is 226 Å². The van der Waals surface area contributed by atoms with Crippen LogP contribution in [0.4, 0.5) is 5.69 Å². The Bertz CT molecular complexity index is 1310. The van der Waals surface area contributed by atoms with Gasteiger partial charge in [-0.3, -0.25) is 14.9 Å². The van der Waals surface area contributed by atoms with Crippen molar-refractivity contribution in [3.8, 4) is 11.8 Å². The van der Waals surface area contributed by atoms with Crippen LogP contribution >= 0.6 is 68.4 Å². The van der Waals surface area contributed by atoms with Gasteiger partial charge in [0.1, 0.15) is 24.0 Å². The topological polar surface area (TPSA) is 93.2 Å². The molecule has 0 bridgehead atoms. The first kappa shape index (κ1) is 25.4. The second kappa shape index (κ2) is 11.3. The van der Waals surface area contributed by atoms with Gasteiger partial charge in [0, 0.05) is 33.3 Å². The number of non-ortho nitro benzene ring substituents is 1. The molecule has 10 heteroatoms. The summed E-state index contributed by atoms with van der Waals surface area (Å²) in [5, 5.41) is 21.5. The highest BCUT2D eigenvalue weighted by atomic mass is 127. The summed E-state index contributed by atoms with van der Waals surface area (Å²) in [4.78, 5) is 23.1. The molecular weight excluding hydrogens is 693 g/mol. The van der Waals surface area contributed by atoms with E-state index in [2.05, 4.69) is 45.2 Å². The lowest BCUT2D eigenvalue weighted by Gasteiger charge is -2.13. The number of ether oxygens (including phenoxy) is 1. The summed E-state index contributed by atoms with van der Waals surface area (Å²) in [6, 6.07) is 15.9. The number of carbonyl (C=O) groups excluding carboxylic acids is 1. The van der Waals surface area contributed by atoms with Gasteiger partial charge in [-0.25, -0.2) is 0 Å². The van der Waals surface area contributed by atoms with Crippen molar-refractivity contribution < 1.29 is 14.5 Å². The summed E-state index contributed by atoms with van der Waals surface area (Å²) in [7, 11) is 0. The smallest absolute Gasteiger partial charge is 0.270 e. The molecule has 166 valence electrons. The molecule has 0 atom stereocenters. The number of hydrogen-bond acceptors (Lipinski definition) is 5. The van der Waals surface area contributed by atoms with Gasteiger partial charge in [-0.1, -0.05) is 41.4 Å². The summed E-state index contributed by atoms with van der Waals surface area (Å²) >= 11 is 16.4. The van der Waals surface area contributed by atoms with Gasteiger partial charge in [0.05, 0.1) is 12.1 Å². The molecule has 0 fully saturated rings. The third-order valence-corrected chi connectivity index (χ3v) is 6.59. The molecule has 0 N–H and O–H groups in total. The van der Waals surface area contributed by atoms with Gasteiger partial charge < -0.3 is 4.74 Å². The second-order valence-electron chi connectivity index (χ2n) is 6.64. The largest absolute Gasteiger partial charge is 0.487 e.